The normalized spacial score (nSPS) is 19.9. The van der Waals surface area contributed by atoms with Gasteiger partial charge in [-0.3, -0.25) is 4.79 Å². The Morgan fingerprint density at radius 3 is 2.79 bits per heavy atom. The van der Waals surface area contributed by atoms with Gasteiger partial charge < -0.3 is 0 Å². The lowest BCUT2D eigenvalue weighted by atomic mass is 10.1. The van der Waals surface area contributed by atoms with Crippen molar-refractivity contribution in [3.63, 3.8) is 0 Å². The maximum atomic E-state index is 11.6. The van der Waals surface area contributed by atoms with Gasteiger partial charge in [-0.05, 0) is 12.8 Å². The summed E-state index contributed by atoms with van der Waals surface area (Å²) in [5.74, 6) is -0.00174. The number of rotatable bonds is 4. The Kier molecular flexibility index (Phi) is 4.03. The minimum atomic E-state index is -3.42. The molecule has 0 aromatic rings. The highest BCUT2D eigenvalue weighted by atomic mass is 32.2. The van der Waals surface area contributed by atoms with E-state index in [2.05, 4.69) is 4.72 Å². The first-order valence-corrected chi connectivity index (χ1v) is 6.26. The highest BCUT2D eigenvalue weighted by Crippen LogP contribution is 2.09. The van der Waals surface area contributed by atoms with Crippen molar-refractivity contribution in [1.29, 1.82) is 0 Å². The topological polar surface area (TPSA) is 66.5 Å². The molecule has 1 heterocycles. The largest absolute Gasteiger partial charge is 0.298 e. The second-order valence-corrected chi connectivity index (χ2v) is 5.13. The molecule has 0 unspecified atom stereocenters. The van der Waals surface area contributed by atoms with Crippen LogP contribution in [-0.4, -0.2) is 38.1 Å². The zero-order valence-corrected chi connectivity index (χ0v) is 9.14. The third kappa shape index (κ3) is 3.04. The summed E-state index contributed by atoms with van der Waals surface area (Å²) in [6, 6.07) is 0. The van der Waals surface area contributed by atoms with Crippen LogP contribution in [0.4, 0.5) is 0 Å². The molecule has 0 bridgehead atoms. The molecule has 0 aromatic carbocycles. The number of hydrogen-bond donors (Lipinski definition) is 1. The summed E-state index contributed by atoms with van der Waals surface area (Å²) in [7, 11) is -3.42. The van der Waals surface area contributed by atoms with Gasteiger partial charge in [0.25, 0.3) is 10.2 Å². The van der Waals surface area contributed by atoms with E-state index in [4.69, 9.17) is 0 Å². The van der Waals surface area contributed by atoms with Gasteiger partial charge in [-0.15, -0.1) is 0 Å². The molecule has 1 aliphatic heterocycles. The first-order chi connectivity index (χ1) is 6.56. The van der Waals surface area contributed by atoms with Crippen LogP contribution in [0.2, 0.25) is 0 Å². The quantitative estimate of drug-likeness (QED) is 0.719. The van der Waals surface area contributed by atoms with Gasteiger partial charge in [0.05, 0.1) is 6.54 Å². The summed E-state index contributed by atoms with van der Waals surface area (Å²) >= 11 is 0. The van der Waals surface area contributed by atoms with Crippen LogP contribution in [0.15, 0.2) is 0 Å². The van der Waals surface area contributed by atoms with E-state index >= 15 is 0 Å². The van der Waals surface area contributed by atoms with E-state index in [1.54, 1.807) is 0 Å². The molecule has 1 rings (SSSR count). The van der Waals surface area contributed by atoms with Gasteiger partial charge in [-0.1, -0.05) is 6.92 Å². The van der Waals surface area contributed by atoms with Crippen LogP contribution in [0.25, 0.3) is 0 Å². The van der Waals surface area contributed by atoms with Crippen molar-refractivity contribution in [3.8, 4) is 0 Å². The van der Waals surface area contributed by atoms with E-state index < -0.39 is 10.2 Å². The van der Waals surface area contributed by atoms with Crippen molar-refractivity contribution in [3.05, 3.63) is 0 Å². The average Bonchev–Trinajstić information content (AvgIpc) is 2.15. The van der Waals surface area contributed by atoms with Gasteiger partial charge in [0.1, 0.15) is 5.78 Å². The second kappa shape index (κ2) is 4.86. The van der Waals surface area contributed by atoms with Crippen LogP contribution >= 0.6 is 0 Å². The number of nitrogens with zero attached hydrogens (tertiary/aromatic N) is 1. The maximum absolute atomic E-state index is 11.6. The Labute approximate surface area is 84.7 Å². The minimum absolute atomic E-state index is 0.00174. The smallest absolute Gasteiger partial charge is 0.279 e. The van der Waals surface area contributed by atoms with E-state index in [-0.39, 0.29) is 12.3 Å². The van der Waals surface area contributed by atoms with Crippen molar-refractivity contribution in [2.75, 3.05) is 19.6 Å². The lowest BCUT2D eigenvalue weighted by Crippen LogP contribution is -2.46. The van der Waals surface area contributed by atoms with Crippen LogP contribution in [-0.2, 0) is 15.0 Å². The van der Waals surface area contributed by atoms with Crippen LogP contribution in [0.3, 0.4) is 0 Å². The standard InChI is InChI=1S/C8H16N2O3S/c1-2-5-9-14(12,13)10-6-3-4-8(11)7-10/h9H,2-7H2,1H3. The minimum Gasteiger partial charge on any atom is -0.298 e. The third-order valence-electron chi connectivity index (χ3n) is 2.09. The van der Waals surface area contributed by atoms with Gasteiger partial charge in [0.2, 0.25) is 0 Å². The summed E-state index contributed by atoms with van der Waals surface area (Å²) in [5, 5.41) is 0. The molecule has 1 aliphatic rings. The van der Waals surface area contributed by atoms with Gasteiger partial charge in [0, 0.05) is 19.5 Å². The Hall–Kier alpha value is -0.460. The molecular weight excluding hydrogens is 204 g/mol. The van der Waals surface area contributed by atoms with E-state index in [1.807, 2.05) is 6.92 Å². The second-order valence-electron chi connectivity index (χ2n) is 3.38. The van der Waals surface area contributed by atoms with Crippen molar-refractivity contribution in [2.24, 2.45) is 0 Å². The predicted molar refractivity (Wildman–Crippen MR) is 53.0 cm³/mol. The van der Waals surface area contributed by atoms with Crippen molar-refractivity contribution in [1.82, 2.24) is 9.03 Å². The molecule has 0 atom stereocenters. The molecule has 0 radical (unpaired) electrons. The van der Waals surface area contributed by atoms with Crippen molar-refractivity contribution in [2.45, 2.75) is 26.2 Å². The van der Waals surface area contributed by atoms with E-state index in [1.165, 1.54) is 4.31 Å². The molecule has 1 N–H and O–H groups in total. The maximum Gasteiger partial charge on any atom is 0.279 e. The Balaban J connectivity index is 2.57. The number of carbonyl (C=O) groups is 1. The zero-order chi connectivity index (χ0) is 10.6. The summed E-state index contributed by atoms with van der Waals surface area (Å²) in [6.45, 7) is 2.79. The SMILES string of the molecule is CCCNS(=O)(=O)N1CCCC(=O)C1. The predicted octanol–water partition coefficient (Wildman–Crippen LogP) is -0.104. The molecule has 82 valence electrons. The van der Waals surface area contributed by atoms with Crippen molar-refractivity contribution < 1.29 is 13.2 Å². The first-order valence-electron chi connectivity index (χ1n) is 4.82. The highest BCUT2D eigenvalue weighted by Gasteiger charge is 2.26. The van der Waals surface area contributed by atoms with Crippen LogP contribution < -0.4 is 4.72 Å². The number of hydrogen-bond acceptors (Lipinski definition) is 3. The molecule has 14 heavy (non-hydrogen) atoms. The molecule has 0 aromatic heterocycles. The van der Waals surface area contributed by atoms with Crippen LogP contribution in [0.1, 0.15) is 26.2 Å². The van der Waals surface area contributed by atoms with E-state index in [0.29, 0.717) is 25.9 Å². The van der Waals surface area contributed by atoms with E-state index in [9.17, 15) is 13.2 Å². The monoisotopic (exact) mass is 220 g/mol. The van der Waals surface area contributed by atoms with Crippen LogP contribution in [0, 0.1) is 0 Å². The summed E-state index contributed by atoms with van der Waals surface area (Å²) < 4.78 is 26.8. The molecule has 0 amide bonds. The fourth-order valence-corrected chi connectivity index (χ4v) is 2.66. The molecule has 0 saturated carbocycles. The summed E-state index contributed by atoms with van der Waals surface area (Å²) in [5.41, 5.74) is 0. The lowest BCUT2D eigenvalue weighted by molar-refractivity contribution is -0.120. The molecular formula is C8H16N2O3S. The fourth-order valence-electron chi connectivity index (χ4n) is 1.33. The molecule has 1 saturated heterocycles. The third-order valence-corrected chi connectivity index (χ3v) is 3.65. The number of Topliss-reactive ketones (excluding diaryl/α,β-unsaturated/α-hetero) is 1. The van der Waals surface area contributed by atoms with Gasteiger partial charge in [0.15, 0.2) is 0 Å². The van der Waals surface area contributed by atoms with E-state index in [0.717, 1.165) is 6.42 Å². The van der Waals surface area contributed by atoms with Gasteiger partial charge in [-0.2, -0.15) is 12.7 Å². The Morgan fingerprint density at radius 2 is 2.21 bits per heavy atom. The molecule has 5 nitrogen and oxygen atoms in total. The molecule has 0 spiro atoms. The highest BCUT2D eigenvalue weighted by molar-refractivity contribution is 7.87. The number of carbonyl (C=O) groups excluding carboxylic acids is 1. The molecule has 1 fully saturated rings. The fraction of sp³-hybridized carbons (Fsp3) is 0.875. The number of ketones is 1. The molecule has 6 heteroatoms. The zero-order valence-electron chi connectivity index (χ0n) is 8.32. The summed E-state index contributed by atoms with van der Waals surface area (Å²) in [4.78, 5) is 11.1. The molecule has 0 aliphatic carbocycles. The van der Waals surface area contributed by atoms with Gasteiger partial charge in [-0.25, -0.2) is 4.72 Å². The Morgan fingerprint density at radius 1 is 1.50 bits per heavy atom. The number of nitrogens with one attached hydrogen (secondary N) is 1. The number of piperidine rings is 1. The van der Waals surface area contributed by atoms with Crippen LogP contribution in [0.5, 0.6) is 0 Å². The first kappa shape index (κ1) is 11.6. The Bertz CT molecular complexity index is 300. The van der Waals surface area contributed by atoms with Gasteiger partial charge >= 0.3 is 0 Å². The lowest BCUT2D eigenvalue weighted by Gasteiger charge is -2.24. The van der Waals surface area contributed by atoms with Crippen molar-refractivity contribution >= 4 is 16.0 Å². The summed E-state index contributed by atoms with van der Waals surface area (Å²) in [6.07, 6.45) is 1.88. The average molecular weight is 220 g/mol.